The third-order valence-corrected chi connectivity index (χ3v) is 3.36. The predicted octanol–water partition coefficient (Wildman–Crippen LogP) is 4.21. The van der Waals surface area contributed by atoms with Crippen molar-refractivity contribution in [3.05, 3.63) is 41.0 Å². The number of carbonyl (C=O) groups is 1. The quantitative estimate of drug-likeness (QED) is 0.845. The van der Waals surface area contributed by atoms with Gasteiger partial charge >= 0.3 is 5.97 Å². The van der Waals surface area contributed by atoms with Crippen LogP contribution in [0.4, 0.5) is 0 Å². The van der Waals surface area contributed by atoms with Gasteiger partial charge in [0.05, 0.1) is 5.41 Å². The van der Waals surface area contributed by atoms with Crippen LogP contribution in [-0.2, 0) is 4.79 Å². The molecule has 0 unspecified atom stereocenters. The summed E-state index contributed by atoms with van der Waals surface area (Å²) >= 11 is 0. The van der Waals surface area contributed by atoms with E-state index in [9.17, 15) is 4.79 Å². The maximum atomic E-state index is 10.9. The van der Waals surface area contributed by atoms with Crippen LogP contribution in [0.15, 0.2) is 24.3 Å². The molecule has 0 atom stereocenters. The Morgan fingerprint density at radius 3 is 2.50 bits per heavy atom. The summed E-state index contributed by atoms with van der Waals surface area (Å²) < 4.78 is 0. The van der Waals surface area contributed by atoms with Crippen molar-refractivity contribution in [2.75, 3.05) is 0 Å². The molecule has 1 rings (SSSR count). The topological polar surface area (TPSA) is 37.3 Å². The molecule has 18 heavy (non-hydrogen) atoms. The highest BCUT2D eigenvalue weighted by molar-refractivity contribution is 5.73. The third kappa shape index (κ3) is 4.02. The second-order valence-electron chi connectivity index (χ2n) is 5.47. The van der Waals surface area contributed by atoms with E-state index in [0.29, 0.717) is 6.42 Å². The Balaban J connectivity index is 2.56. The number of carboxylic acid groups (broad SMARTS) is 1. The number of hydrogen-bond donors (Lipinski definition) is 1. The van der Waals surface area contributed by atoms with E-state index < -0.39 is 11.4 Å². The van der Waals surface area contributed by atoms with Crippen LogP contribution in [0.1, 0.15) is 43.4 Å². The number of hydrogen-bond acceptors (Lipinski definition) is 1. The molecule has 0 aliphatic rings. The van der Waals surface area contributed by atoms with E-state index in [-0.39, 0.29) is 0 Å². The van der Waals surface area contributed by atoms with E-state index in [2.05, 4.69) is 44.2 Å². The van der Waals surface area contributed by atoms with E-state index in [1.807, 2.05) is 0 Å². The zero-order valence-electron chi connectivity index (χ0n) is 11.7. The summed E-state index contributed by atoms with van der Waals surface area (Å²) in [6.45, 7) is 7.72. The van der Waals surface area contributed by atoms with E-state index >= 15 is 0 Å². The minimum atomic E-state index is -0.734. The number of benzene rings is 1. The average molecular weight is 246 g/mol. The predicted molar refractivity (Wildman–Crippen MR) is 75.6 cm³/mol. The van der Waals surface area contributed by atoms with Gasteiger partial charge < -0.3 is 5.11 Å². The summed E-state index contributed by atoms with van der Waals surface area (Å²) in [6, 6.07) is 6.34. The first-order valence-electron chi connectivity index (χ1n) is 6.30. The molecule has 0 bridgehead atoms. The van der Waals surface area contributed by atoms with Crippen molar-refractivity contribution in [1.29, 1.82) is 0 Å². The number of allylic oxidation sites excluding steroid dienone is 1. The second kappa shape index (κ2) is 5.85. The molecule has 0 aromatic heterocycles. The summed E-state index contributed by atoms with van der Waals surface area (Å²) in [5.74, 6) is -0.734. The smallest absolute Gasteiger partial charge is 0.309 e. The molecule has 0 saturated carbocycles. The van der Waals surface area contributed by atoms with Crippen LogP contribution in [-0.4, -0.2) is 11.1 Å². The first kappa shape index (κ1) is 14.5. The van der Waals surface area contributed by atoms with Gasteiger partial charge in [-0.2, -0.15) is 0 Å². The monoisotopic (exact) mass is 246 g/mol. The lowest BCUT2D eigenvalue weighted by atomic mass is 9.88. The highest BCUT2D eigenvalue weighted by Crippen LogP contribution is 2.23. The normalized spacial score (nSPS) is 12.0. The number of rotatable bonds is 5. The molecule has 1 aromatic carbocycles. The molecule has 2 nitrogen and oxygen atoms in total. The van der Waals surface area contributed by atoms with Crippen molar-refractivity contribution in [2.45, 2.75) is 40.5 Å². The standard InChI is InChI=1S/C16H22O2/c1-12-8-9-14(11-13(12)2)7-5-6-10-16(3,4)15(17)18/h5,7-9,11H,6,10H2,1-4H3,(H,17,18)/b7-5+. The maximum Gasteiger partial charge on any atom is 0.309 e. The molecule has 0 spiro atoms. The van der Waals surface area contributed by atoms with E-state index in [4.69, 9.17) is 5.11 Å². The van der Waals surface area contributed by atoms with Gasteiger partial charge in [-0.05, 0) is 57.2 Å². The Kier molecular flexibility index (Phi) is 4.71. The first-order chi connectivity index (χ1) is 8.33. The molecule has 98 valence electrons. The zero-order chi connectivity index (χ0) is 13.8. The van der Waals surface area contributed by atoms with Crippen molar-refractivity contribution >= 4 is 12.0 Å². The van der Waals surface area contributed by atoms with Crippen molar-refractivity contribution in [2.24, 2.45) is 5.41 Å². The second-order valence-corrected chi connectivity index (χ2v) is 5.47. The lowest BCUT2D eigenvalue weighted by Crippen LogP contribution is -2.22. The molecule has 0 amide bonds. The first-order valence-corrected chi connectivity index (χ1v) is 6.30. The van der Waals surface area contributed by atoms with Crippen LogP contribution in [0.25, 0.3) is 6.08 Å². The number of carboxylic acids is 1. The summed E-state index contributed by atoms with van der Waals surface area (Å²) in [4.78, 5) is 10.9. The Labute approximate surface area is 109 Å². The molecular weight excluding hydrogens is 224 g/mol. The minimum absolute atomic E-state index is 0.645. The Morgan fingerprint density at radius 2 is 1.94 bits per heavy atom. The third-order valence-electron chi connectivity index (χ3n) is 3.36. The lowest BCUT2D eigenvalue weighted by molar-refractivity contribution is -0.147. The SMILES string of the molecule is Cc1ccc(/C=C/CCC(C)(C)C(=O)O)cc1C. The number of aliphatic carboxylic acids is 1. The molecule has 0 fully saturated rings. The Bertz CT molecular complexity index is 456. The summed E-state index contributed by atoms with van der Waals surface area (Å²) in [7, 11) is 0. The summed E-state index contributed by atoms with van der Waals surface area (Å²) in [6.07, 6.45) is 5.55. The largest absolute Gasteiger partial charge is 0.481 e. The fourth-order valence-electron chi connectivity index (χ4n) is 1.64. The summed E-state index contributed by atoms with van der Waals surface area (Å²) in [5, 5.41) is 9.00. The van der Waals surface area contributed by atoms with Crippen molar-refractivity contribution in [3.63, 3.8) is 0 Å². The van der Waals surface area contributed by atoms with Crippen LogP contribution in [0.3, 0.4) is 0 Å². The zero-order valence-corrected chi connectivity index (χ0v) is 11.7. The molecule has 1 N–H and O–H groups in total. The average Bonchev–Trinajstić information content (AvgIpc) is 2.29. The van der Waals surface area contributed by atoms with Gasteiger partial charge in [-0.1, -0.05) is 30.4 Å². The van der Waals surface area contributed by atoms with Crippen LogP contribution in [0.2, 0.25) is 0 Å². The van der Waals surface area contributed by atoms with Gasteiger partial charge in [0.1, 0.15) is 0 Å². The van der Waals surface area contributed by atoms with Crippen molar-refractivity contribution < 1.29 is 9.90 Å². The van der Waals surface area contributed by atoms with Gasteiger partial charge in [-0.3, -0.25) is 4.79 Å². The summed E-state index contributed by atoms with van der Waals surface area (Å²) in [5.41, 5.74) is 3.10. The van der Waals surface area contributed by atoms with E-state index in [1.165, 1.54) is 16.7 Å². The van der Waals surface area contributed by atoms with Gasteiger partial charge in [0.15, 0.2) is 0 Å². The Morgan fingerprint density at radius 1 is 1.28 bits per heavy atom. The van der Waals surface area contributed by atoms with Crippen LogP contribution < -0.4 is 0 Å². The van der Waals surface area contributed by atoms with Crippen molar-refractivity contribution in [1.82, 2.24) is 0 Å². The molecule has 0 aliphatic carbocycles. The molecule has 0 aliphatic heterocycles. The minimum Gasteiger partial charge on any atom is -0.481 e. The molecule has 2 heteroatoms. The lowest BCUT2D eigenvalue weighted by Gasteiger charge is -2.17. The van der Waals surface area contributed by atoms with Crippen molar-refractivity contribution in [3.8, 4) is 0 Å². The van der Waals surface area contributed by atoms with Gasteiger partial charge in [-0.15, -0.1) is 0 Å². The highest BCUT2D eigenvalue weighted by Gasteiger charge is 2.25. The van der Waals surface area contributed by atoms with Gasteiger partial charge in [0, 0.05) is 0 Å². The number of aryl methyl sites for hydroxylation is 2. The molecule has 0 radical (unpaired) electrons. The van der Waals surface area contributed by atoms with Crippen LogP contribution in [0.5, 0.6) is 0 Å². The van der Waals surface area contributed by atoms with Crippen LogP contribution >= 0.6 is 0 Å². The molecule has 1 aromatic rings. The molecule has 0 heterocycles. The van der Waals surface area contributed by atoms with E-state index in [1.54, 1.807) is 13.8 Å². The fraction of sp³-hybridized carbons (Fsp3) is 0.438. The van der Waals surface area contributed by atoms with Crippen LogP contribution in [0, 0.1) is 19.3 Å². The highest BCUT2D eigenvalue weighted by atomic mass is 16.4. The molecule has 0 saturated heterocycles. The molecular formula is C16H22O2. The fourth-order valence-corrected chi connectivity index (χ4v) is 1.64. The van der Waals surface area contributed by atoms with Gasteiger partial charge in [0.25, 0.3) is 0 Å². The Hall–Kier alpha value is -1.57. The van der Waals surface area contributed by atoms with E-state index in [0.717, 1.165) is 6.42 Å². The maximum absolute atomic E-state index is 10.9. The van der Waals surface area contributed by atoms with Gasteiger partial charge in [0.2, 0.25) is 0 Å². The van der Waals surface area contributed by atoms with Gasteiger partial charge in [-0.25, -0.2) is 0 Å².